The highest BCUT2D eigenvalue weighted by atomic mass is 15.2. The zero-order valence-electron chi connectivity index (χ0n) is 13.3. The number of nitrogens with zero attached hydrogens (tertiary/aromatic N) is 2. The maximum absolute atomic E-state index is 4.55. The van der Waals surface area contributed by atoms with E-state index in [1.165, 1.54) is 5.69 Å². The standard InChI is InChI=1S/C17H28N4/c1-4-13-19-17(18-5-2)20-14-9-10-15-21(3)16-11-7-6-8-12-16/h4,6-8,11-12H,1,5,9-10,13-15H2,2-3H3,(H2,18,19,20). The Bertz CT molecular complexity index is 414. The normalized spacial score (nSPS) is 11.0. The molecule has 1 aromatic carbocycles. The summed E-state index contributed by atoms with van der Waals surface area (Å²) in [5.41, 5.74) is 1.27. The molecular formula is C17H28N4. The van der Waals surface area contributed by atoms with Crippen LogP contribution in [0.5, 0.6) is 0 Å². The van der Waals surface area contributed by atoms with Crippen molar-refractivity contribution in [2.45, 2.75) is 19.8 Å². The van der Waals surface area contributed by atoms with Crippen molar-refractivity contribution < 1.29 is 0 Å². The van der Waals surface area contributed by atoms with Gasteiger partial charge in [-0.25, -0.2) is 0 Å². The molecule has 1 aromatic rings. The van der Waals surface area contributed by atoms with Crippen molar-refractivity contribution in [2.24, 2.45) is 4.99 Å². The summed E-state index contributed by atoms with van der Waals surface area (Å²) in [6, 6.07) is 10.5. The number of nitrogens with one attached hydrogen (secondary N) is 2. The Labute approximate surface area is 129 Å². The van der Waals surface area contributed by atoms with Crippen molar-refractivity contribution >= 4 is 11.6 Å². The Morgan fingerprint density at radius 3 is 2.67 bits per heavy atom. The monoisotopic (exact) mass is 288 g/mol. The Morgan fingerprint density at radius 2 is 2.00 bits per heavy atom. The number of hydrogen-bond donors (Lipinski definition) is 2. The maximum Gasteiger partial charge on any atom is 0.191 e. The lowest BCUT2D eigenvalue weighted by Crippen LogP contribution is -2.37. The van der Waals surface area contributed by atoms with Gasteiger partial charge in [0.15, 0.2) is 5.96 Å². The fourth-order valence-electron chi connectivity index (χ4n) is 1.97. The van der Waals surface area contributed by atoms with E-state index in [-0.39, 0.29) is 0 Å². The first-order valence-electron chi connectivity index (χ1n) is 7.67. The molecule has 1 rings (SSSR count). The topological polar surface area (TPSA) is 39.7 Å². The molecule has 2 N–H and O–H groups in total. The molecule has 0 fully saturated rings. The van der Waals surface area contributed by atoms with Crippen molar-refractivity contribution in [1.82, 2.24) is 10.6 Å². The van der Waals surface area contributed by atoms with Gasteiger partial charge in [0.25, 0.3) is 0 Å². The summed E-state index contributed by atoms with van der Waals surface area (Å²) in [4.78, 5) is 6.83. The largest absolute Gasteiger partial charge is 0.375 e. The van der Waals surface area contributed by atoms with Gasteiger partial charge in [0, 0.05) is 38.9 Å². The summed E-state index contributed by atoms with van der Waals surface area (Å²) in [7, 11) is 2.13. The summed E-state index contributed by atoms with van der Waals surface area (Å²) in [6.07, 6.45) is 4.05. The van der Waals surface area contributed by atoms with E-state index in [1.54, 1.807) is 0 Å². The summed E-state index contributed by atoms with van der Waals surface area (Å²) in [5.74, 6) is 0.869. The van der Waals surface area contributed by atoms with E-state index in [2.05, 4.69) is 65.3 Å². The molecule has 0 atom stereocenters. The number of anilines is 1. The van der Waals surface area contributed by atoms with Crippen LogP contribution in [0.1, 0.15) is 19.8 Å². The Balaban J connectivity index is 2.24. The molecule has 0 heterocycles. The third-order valence-corrected chi connectivity index (χ3v) is 3.13. The minimum atomic E-state index is 0.739. The minimum absolute atomic E-state index is 0.739. The molecule has 4 nitrogen and oxygen atoms in total. The number of benzene rings is 1. The molecule has 21 heavy (non-hydrogen) atoms. The average Bonchev–Trinajstić information content (AvgIpc) is 2.52. The van der Waals surface area contributed by atoms with Gasteiger partial charge in [-0.3, -0.25) is 4.99 Å². The molecule has 0 bridgehead atoms. The maximum atomic E-state index is 4.55. The van der Waals surface area contributed by atoms with E-state index in [0.717, 1.165) is 45.0 Å². The highest BCUT2D eigenvalue weighted by Crippen LogP contribution is 2.11. The van der Waals surface area contributed by atoms with Crippen LogP contribution in [0.25, 0.3) is 0 Å². The van der Waals surface area contributed by atoms with E-state index < -0.39 is 0 Å². The first-order chi connectivity index (χ1) is 10.3. The predicted molar refractivity (Wildman–Crippen MR) is 93.1 cm³/mol. The lowest BCUT2D eigenvalue weighted by Gasteiger charge is -2.18. The molecule has 0 radical (unpaired) electrons. The van der Waals surface area contributed by atoms with Crippen molar-refractivity contribution in [2.75, 3.05) is 38.1 Å². The zero-order valence-corrected chi connectivity index (χ0v) is 13.3. The van der Waals surface area contributed by atoms with Gasteiger partial charge >= 0.3 is 0 Å². The van der Waals surface area contributed by atoms with Crippen LogP contribution in [0.2, 0.25) is 0 Å². The molecule has 0 saturated carbocycles. The van der Waals surface area contributed by atoms with Crippen LogP contribution in [-0.4, -0.2) is 39.2 Å². The van der Waals surface area contributed by atoms with Crippen LogP contribution < -0.4 is 15.5 Å². The number of guanidine groups is 1. The number of hydrogen-bond acceptors (Lipinski definition) is 2. The summed E-state index contributed by atoms with van der Waals surface area (Å²) in [5, 5.41) is 6.43. The van der Waals surface area contributed by atoms with Crippen LogP contribution in [0, 0.1) is 0 Å². The highest BCUT2D eigenvalue weighted by molar-refractivity contribution is 5.79. The Kier molecular flexibility index (Phi) is 8.76. The first-order valence-corrected chi connectivity index (χ1v) is 7.67. The van der Waals surface area contributed by atoms with Crippen LogP contribution in [-0.2, 0) is 0 Å². The second-order valence-corrected chi connectivity index (χ2v) is 4.89. The molecule has 0 aliphatic heterocycles. The highest BCUT2D eigenvalue weighted by Gasteiger charge is 1.99. The van der Waals surface area contributed by atoms with Crippen molar-refractivity contribution in [3.8, 4) is 0 Å². The van der Waals surface area contributed by atoms with Gasteiger partial charge < -0.3 is 15.5 Å². The van der Waals surface area contributed by atoms with E-state index in [9.17, 15) is 0 Å². The molecule has 0 unspecified atom stereocenters. The van der Waals surface area contributed by atoms with Crippen LogP contribution in [0.4, 0.5) is 5.69 Å². The zero-order chi connectivity index (χ0) is 15.3. The third-order valence-electron chi connectivity index (χ3n) is 3.13. The Morgan fingerprint density at radius 1 is 1.24 bits per heavy atom. The molecular weight excluding hydrogens is 260 g/mol. The second kappa shape index (κ2) is 10.8. The molecule has 0 aromatic heterocycles. The van der Waals surface area contributed by atoms with Crippen molar-refractivity contribution in [3.63, 3.8) is 0 Å². The molecule has 116 valence electrons. The van der Waals surface area contributed by atoms with Gasteiger partial charge in [-0.1, -0.05) is 24.3 Å². The number of rotatable bonds is 9. The van der Waals surface area contributed by atoms with Gasteiger partial charge in [-0.15, -0.1) is 6.58 Å². The van der Waals surface area contributed by atoms with Gasteiger partial charge in [0.1, 0.15) is 0 Å². The minimum Gasteiger partial charge on any atom is -0.375 e. The smallest absolute Gasteiger partial charge is 0.191 e. The molecule has 0 saturated heterocycles. The van der Waals surface area contributed by atoms with Crippen molar-refractivity contribution in [3.05, 3.63) is 43.0 Å². The summed E-state index contributed by atoms with van der Waals surface area (Å²) >= 11 is 0. The van der Waals surface area contributed by atoms with E-state index in [1.807, 2.05) is 12.1 Å². The first kappa shape index (κ1) is 17.1. The number of unbranched alkanes of at least 4 members (excludes halogenated alkanes) is 1. The van der Waals surface area contributed by atoms with E-state index in [0.29, 0.717) is 0 Å². The SMILES string of the molecule is C=CCNC(=NCCCCN(C)c1ccccc1)NCC. The van der Waals surface area contributed by atoms with Gasteiger partial charge in [0.2, 0.25) is 0 Å². The van der Waals surface area contributed by atoms with Crippen LogP contribution in [0.3, 0.4) is 0 Å². The van der Waals surface area contributed by atoms with Crippen molar-refractivity contribution in [1.29, 1.82) is 0 Å². The van der Waals surface area contributed by atoms with Gasteiger partial charge in [-0.2, -0.15) is 0 Å². The third kappa shape index (κ3) is 7.40. The molecule has 0 aliphatic rings. The van der Waals surface area contributed by atoms with Crippen LogP contribution >= 0.6 is 0 Å². The van der Waals surface area contributed by atoms with E-state index in [4.69, 9.17) is 0 Å². The summed E-state index contributed by atoms with van der Waals surface area (Å²) < 4.78 is 0. The number of aliphatic imine (C=N–C) groups is 1. The lowest BCUT2D eigenvalue weighted by atomic mass is 10.2. The van der Waals surface area contributed by atoms with E-state index >= 15 is 0 Å². The fourth-order valence-corrected chi connectivity index (χ4v) is 1.97. The fraction of sp³-hybridized carbons (Fsp3) is 0.471. The lowest BCUT2D eigenvalue weighted by molar-refractivity contribution is 0.722. The van der Waals surface area contributed by atoms with Crippen LogP contribution in [0.15, 0.2) is 48.0 Å². The Hall–Kier alpha value is -1.97. The van der Waals surface area contributed by atoms with Gasteiger partial charge in [-0.05, 0) is 31.9 Å². The molecule has 0 amide bonds. The number of para-hydroxylation sites is 1. The predicted octanol–water partition coefficient (Wildman–Crippen LogP) is 2.64. The molecule has 4 heteroatoms. The quantitative estimate of drug-likeness (QED) is 0.318. The summed E-state index contributed by atoms with van der Waals surface area (Å²) in [6.45, 7) is 9.28. The second-order valence-electron chi connectivity index (χ2n) is 4.89. The van der Waals surface area contributed by atoms with Gasteiger partial charge in [0.05, 0.1) is 0 Å². The average molecular weight is 288 g/mol. The molecule has 0 spiro atoms. The molecule has 0 aliphatic carbocycles.